The summed E-state index contributed by atoms with van der Waals surface area (Å²) in [4.78, 5) is 43.2. The maximum Gasteiger partial charge on any atom is 0.255 e. The topological polar surface area (TPSA) is 73.0 Å². The molecular formula is C26H26N4O3S. The molecule has 3 aliphatic rings. The van der Waals surface area contributed by atoms with Crippen LogP contribution in [0.15, 0.2) is 47.8 Å². The van der Waals surface area contributed by atoms with Crippen LogP contribution in [0.3, 0.4) is 0 Å². The molecule has 7 nitrogen and oxygen atoms in total. The number of nitrogens with one attached hydrogen (secondary N) is 1. The van der Waals surface area contributed by atoms with Crippen molar-refractivity contribution in [2.45, 2.75) is 32.0 Å². The van der Waals surface area contributed by atoms with E-state index in [9.17, 15) is 14.4 Å². The number of imide groups is 1. The molecule has 3 aliphatic heterocycles. The molecule has 34 heavy (non-hydrogen) atoms. The zero-order chi connectivity index (χ0) is 23.2. The molecule has 2 aromatic carbocycles. The van der Waals surface area contributed by atoms with Crippen molar-refractivity contribution >= 4 is 44.8 Å². The van der Waals surface area contributed by atoms with Crippen LogP contribution in [0.5, 0.6) is 0 Å². The van der Waals surface area contributed by atoms with Gasteiger partial charge in [0, 0.05) is 67.0 Å². The maximum absolute atomic E-state index is 12.9. The molecule has 174 valence electrons. The molecule has 6 rings (SSSR count). The van der Waals surface area contributed by atoms with Gasteiger partial charge in [0.25, 0.3) is 5.91 Å². The quantitative estimate of drug-likeness (QED) is 0.589. The van der Waals surface area contributed by atoms with Gasteiger partial charge in [0.1, 0.15) is 6.04 Å². The number of carbonyl (C=O) groups is 3. The predicted octanol–water partition coefficient (Wildman–Crippen LogP) is 2.98. The zero-order valence-corrected chi connectivity index (χ0v) is 19.6. The van der Waals surface area contributed by atoms with Gasteiger partial charge in [0.15, 0.2) is 0 Å². The monoisotopic (exact) mass is 474 g/mol. The number of thiophene rings is 1. The first-order valence-corrected chi connectivity index (χ1v) is 12.6. The van der Waals surface area contributed by atoms with Crippen molar-refractivity contribution in [3.05, 3.63) is 64.5 Å². The van der Waals surface area contributed by atoms with E-state index in [4.69, 9.17) is 0 Å². The summed E-state index contributed by atoms with van der Waals surface area (Å²) >= 11 is 1.79. The second-order valence-corrected chi connectivity index (χ2v) is 10.2. The number of piperidine rings is 1. The molecule has 0 bridgehead atoms. The molecule has 3 aromatic rings. The number of amides is 3. The number of benzene rings is 2. The summed E-state index contributed by atoms with van der Waals surface area (Å²) in [5.74, 6) is -0.749. The molecule has 1 atom stereocenters. The van der Waals surface area contributed by atoms with Crippen molar-refractivity contribution in [3.63, 3.8) is 0 Å². The van der Waals surface area contributed by atoms with E-state index in [2.05, 4.69) is 50.8 Å². The number of carbonyl (C=O) groups excluding carboxylic acids is 3. The fourth-order valence-corrected chi connectivity index (χ4v) is 6.19. The SMILES string of the molecule is O=C1CCC(N2Cc3cc(CN4CCN(c5cccc6sccc56)CC4)ccc3C2=O)C(=O)N1. The van der Waals surface area contributed by atoms with Crippen molar-refractivity contribution in [2.24, 2.45) is 0 Å². The molecule has 0 aliphatic carbocycles. The fraction of sp³-hybridized carbons (Fsp3) is 0.346. The van der Waals surface area contributed by atoms with Crippen LogP contribution < -0.4 is 10.2 Å². The third-order valence-corrected chi connectivity index (χ3v) is 8.06. The Kier molecular flexibility index (Phi) is 5.34. The number of rotatable bonds is 4. The molecule has 0 saturated carbocycles. The first-order chi connectivity index (χ1) is 16.6. The highest BCUT2D eigenvalue weighted by Gasteiger charge is 2.39. The van der Waals surface area contributed by atoms with Crippen molar-refractivity contribution in [1.29, 1.82) is 0 Å². The molecule has 2 fully saturated rings. The van der Waals surface area contributed by atoms with Crippen molar-refractivity contribution < 1.29 is 14.4 Å². The summed E-state index contributed by atoms with van der Waals surface area (Å²) in [6, 6.07) is 14.2. The fourth-order valence-electron chi connectivity index (χ4n) is 5.39. The Balaban J connectivity index is 1.10. The molecule has 0 spiro atoms. The largest absolute Gasteiger partial charge is 0.368 e. The van der Waals surface area contributed by atoms with Crippen molar-refractivity contribution in [1.82, 2.24) is 15.1 Å². The molecule has 1 unspecified atom stereocenters. The van der Waals surface area contributed by atoms with Crippen molar-refractivity contribution in [2.75, 3.05) is 31.1 Å². The Hall–Kier alpha value is -3.23. The van der Waals surface area contributed by atoms with Crippen LogP contribution in [0.1, 0.15) is 34.3 Å². The molecule has 8 heteroatoms. The van der Waals surface area contributed by atoms with Gasteiger partial charge in [-0.1, -0.05) is 18.2 Å². The number of anilines is 1. The minimum Gasteiger partial charge on any atom is -0.368 e. The number of hydrogen-bond acceptors (Lipinski definition) is 6. The van der Waals surface area contributed by atoms with Crippen LogP contribution in [-0.2, 0) is 22.7 Å². The van der Waals surface area contributed by atoms with E-state index in [1.54, 1.807) is 16.2 Å². The smallest absolute Gasteiger partial charge is 0.255 e. The number of nitrogens with zero attached hydrogens (tertiary/aromatic N) is 3. The summed E-state index contributed by atoms with van der Waals surface area (Å²) in [5.41, 5.74) is 4.14. The van der Waals surface area contributed by atoms with E-state index in [1.165, 1.54) is 21.3 Å². The number of hydrogen-bond donors (Lipinski definition) is 1. The molecule has 3 amide bonds. The number of fused-ring (bicyclic) bond motifs is 2. The van der Waals surface area contributed by atoms with Crippen LogP contribution in [0, 0.1) is 0 Å². The molecule has 1 N–H and O–H groups in total. The van der Waals surface area contributed by atoms with Crippen LogP contribution >= 0.6 is 11.3 Å². The molecular weight excluding hydrogens is 448 g/mol. The summed E-state index contributed by atoms with van der Waals surface area (Å²) in [6.45, 7) is 5.21. The van der Waals surface area contributed by atoms with Gasteiger partial charge in [-0.05, 0) is 47.2 Å². The Bertz CT molecular complexity index is 1290. The van der Waals surface area contributed by atoms with E-state index in [1.807, 2.05) is 12.1 Å². The van der Waals surface area contributed by atoms with Gasteiger partial charge < -0.3 is 9.80 Å². The second-order valence-electron chi connectivity index (χ2n) is 9.26. The van der Waals surface area contributed by atoms with E-state index >= 15 is 0 Å². The molecule has 1 aromatic heterocycles. The Morgan fingerprint density at radius 1 is 1.00 bits per heavy atom. The van der Waals surface area contributed by atoms with E-state index in [0.29, 0.717) is 18.5 Å². The Labute approximate surface area is 201 Å². The second kappa shape index (κ2) is 8.52. The van der Waals surface area contributed by atoms with Gasteiger partial charge in [0.2, 0.25) is 11.8 Å². The average Bonchev–Trinajstić information content (AvgIpc) is 3.44. The summed E-state index contributed by atoms with van der Waals surface area (Å²) in [7, 11) is 0. The highest BCUT2D eigenvalue weighted by molar-refractivity contribution is 7.17. The van der Waals surface area contributed by atoms with Gasteiger partial charge in [-0.2, -0.15) is 0 Å². The maximum atomic E-state index is 12.9. The van der Waals surface area contributed by atoms with Crippen LogP contribution in [0.4, 0.5) is 5.69 Å². The first kappa shape index (κ1) is 21.3. The number of piperazine rings is 1. The summed E-state index contributed by atoms with van der Waals surface area (Å²) < 4.78 is 1.33. The standard InChI is InChI=1S/C26H26N4O3S/c31-24-7-6-22(25(32)27-24)30-16-18-14-17(4-5-19(18)26(30)33)15-28-9-11-29(12-10-28)21-2-1-3-23-20(21)8-13-34-23/h1-5,8,13-14,22H,6-7,9-12,15-16H2,(H,27,31,32). The minimum absolute atomic E-state index is 0.118. The molecule has 0 radical (unpaired) electrons. The zero-order valence-electron chi connectivity index (χ0n) is 18.8. The van der Waals surface area contributed by atoms with Crippen LogP contribution in [0.2, 0.25) is 0 Å². The van der Waals surface area contributed by atoms with Gasteiger partial charge in [-0.3, -0.25) is 24.6 Å². The van der Waals surface area contributed by atoms with Gasteiger partial charge >= 0.3 is 0 Å². The van der Waals surface area contributed by atoms with Crippen LogP contribution in [0.25, 0.3) is 10.1 Å². The summed E-state index contributed by atoms with van der Waals surface area (Å²) in [6.07, 6.45) is 0.662. The predicted molar refractivity (Wildman–Crippen MR) is 132 cm³/mol. The Morgan fingerprint density at radius 2 is 1.85 bits per heavy atom. The van der Waals surface area contributed by atoms with Gasteiger partial charge in [-0.15, -0.1) is 11.3 Å². The average molecular weight is 475 g/mol. The lowest BCUT2D eigenvalue weighted by Gasteiger charge is -2.36. The van der Waals surface area contributed by atoms with E-state index in [-0.39, 0.29) is 24.1 Å². The lowest BCUT2D eigenvalue weighted by molar-refractivity contribution is -0.136. The van der Waals surface area contributed by atoms with Crippen LogP contribution in [-0.4, -0.2) is 59.7 Å². The van der Waals surface area contributed by atoms with E-state index < -0.39 is 6.04 Å². The molecule has 4 heterocycles. The summed E-state index contributed by atoms with van der Waals surface area (Å²) in [5, 5.41) is 5.86. The minimum atomic E-state index is -0.568. The van der Waals surface area contributed by atoms with E-state index in [0.717, 1.165) is 38.3 Å². The Morgan fingerprint density at radius 3 is 2.68 bits per heavy atom. The highest BCUT2D eigenvalue weighted by Crippen LogP contribution is 2.32. The van der Waals surface area contributed by atoms with Crippen molar-refractivity contribution in [3.8, 4) is 0 Å². The first-order valence-electron chi connectivity index (χ1n) is 11.8. The highest BCUT2D eigenvalue weighted by atomic mass is 32.1. The van der Waals surface area contributed by atoms with Gasteiger partial charge in [0.05, 0.1) is 0 Å². The lowest BCUT2D eigenvalue weighted by atomic mass is 10.0. The third kappa shape index (κ3) is 3.76. The lowest BCUT2D eigenvalue weighted by Crippen LogP contribution is -2.52. The molecule has 2 saturated heterocycles. The third-order valence-electron chi connectivity index (χ3n) is 7.18. The normalized spacial score (nSPS) is 21.3. The van der Waals surface area contributed by atoms with Gasteiger partial charge in [-0.25, -0.2) is 0 Å².